The van der Waals surface area contributed by atoms with Crippen molar-refractivity contribution in [3.8, 4) is 0 Å². The molecule has 0 bridgehead atoms. The minimum absolute atomic E-state index is 0.0391. The van der Waals surface area contributed by atoms with Gasteiger partial charge in [-0.3, -0.25) is 4.79 Å². The summed E-state index contributed by atoms with van der Waals surface area (Å²) in [4.78, 5) is 11.2. The minimum atomic E-state index is -0.0822. The Morgan fingerprint density at radius 3 is 3.08 bits per heavy atom. The molecule has 0 aromatic rings. The van der Waals surface area contributed by atoms with Gasteiger partial charge in [-0.05, 0) is 26.2 Å². The van der Waals surface area contributed by atoms with Crippen LogP contribution in [0, 0.1) is 5.92 Å². The second-order valence-corrected chi connectivity index (χ2v) is 3.00. The van der Waals surface area contributed by atoms with Gasteiger partial charge in [-0.2, -0.15) is 0 Å². The second-order valence-electron chi connectivity index (χ2n) is 3.00. The van der Waals surface area contributed by atoms with E-state index in [4.69, 9.17) is 12.6 Å². The molecule has 0 aromatic carbocycles. The maximum atomic E-state index is 11.2. The number of carbonyl (C=O) groups is 1. The average molecular weight is 164 g/mol. The van der Waals surface area contributed by atoms with Crippen LogP contribution >= 0.6 is 0 Å². The number of ether oxygens (including phenoxy) is 1. The van der Waals surface area contributed by atoms with Crippen molar-refractivity contribution in [2.24, 2.45) is 5.92 Å². The van der Waals surface area contributed by atoms with Crippen molar-refractivity contribution in [3.05, 3.63) is 11.5 Å². The lowest BCUT2D eigenvalue weighted by atomic mass is 9.81. The molecule has 0 N–H and O–H groups in total. The van der Waals surface area contributed by atoms with Gasteiger partial charge >= 0.3 is 5.97 Å². The highest BCUT2D eigenvalue weighted by molar-refractivity contribution is 6.21. The summed E-state index contributed by atoms with van der Waals surface area (Å²) in [6.07, 6.45) is 4.32. The van der Waals surface area contributed by atoms with E-state index in [0.29, 0.717) is 6.61 Å². The molecule has 0 saturated heterocycles. The van der Waals surface area contributed by atoms with E-state index in [9.17, 15) is 4.79 Å². The van der Waals surface area contributed by atoms with Crippen LogP contribution in [0.1, 0.15) is 26.2 Å². The van der Waals surface area contributed by atoms with Crippen LogP contribution in [-0.4, -0.2) is 20.4 Å². The van der Waals surface area contributed by atoms with Crippen molar-refractivity contribution in [2.45, 2.75) is 26.2 Å². The highest BCUT2D eigenvalue weighted by Crippen LogP contribution is 2.22. The van der Waals surface area contributed by atoms with Crippen molar-refractivity contribution in [3.63, 3.8) is 0 Å². The molecular weight excluding hydrogens is 151 g/mol. The second kappa shape index (κ2) is 4.34. The van der Waals surface area contributed by atoms with Gasteiger partial charge in [-0.15, -0.1) is 5.47 Å². The fraction of sp³-hybridized carbons (Fsp3) is 0.667. The molecular formula is C9H13BO2. The summed E-state index contributed by atoms with van der Waals surface area (Å²) in [6.45, 7) is 2.29. The standard InChI is InChI=1S/C9H13BO2/c1-2-12-9(11)7-3-5-8(10)6-4-7/h5,7H,2-4,6H2,1H3. The van der Waals surface area contributed by atoms with Crippen LogP contribution in [-0.2, 0) is 9.53 Å². The highest BCUT2D eigenvalue weighted by Gasteiger charge is 2.20. The number of hydrogen-bond donors (Lipinski definition) is 0. The van der Waals surface area contributed by atoms with E-state index in [1.807, 2.05) is 13.0 Å². The molecule has 0 aliphatic heterocycles. The molecule has 64 valence electrons. The highest BCUT2D eigenvalue weighted by atomic mass is 16.5. The van der Waals surface area contributed by atoms with E-state index in [2.05, 4.69) is 0 Å². The van der Waals surface area contributed by atoms with Crippen molar-refractivity contribution >= 4 is 13.8 Å². The molecule has 0 aromatic heterocycles. The largest absolute Gasteiger partial charge is 0.466 e. The smallest absolute Gasteiger partial charge is 0.309 e. The van der Waals surface area contributed by atoms with Gasteiger partial charge in [0.05, 0.1) is 12.5 Å². The zero-order valence-corrected chi connectivity index (χ0v) is 7.38. The van der Waals surface area contributed by atoms with Gasteiger partial charge in [-0.25, -0.2) is 0 Å². The van der Waals surface area contributed by atoms with Gasteiger partial charge < -0.3 is 4.74 Å². The van der Waals surface area contributed by atoms with Gasteiger partial charge in [0.15, 0.2) is 0 Å². The van der Waals surface area contributed by atoms with Crippen LogP contribution in [0.4, 0.5) is 0 Å². The van der Waals surface area contributed by atoms with Gasteiger partial charge in [0.25, 0.3) is 0 Å². The molecule has 1 unspecified atom stereocenters. The predicted octanol–water partition coefficient (Wildman–Crippen LogP) is 1.40. The summed E-state index contributed by atoms with van der Waals surface area (Å²) in [5.74, 6) is -0.0431. The summed E-state index contributed by atoms with van der Waals surface area (Å²) < 4.78 is 4.91. The molecule has 0 amide bonds. The first-order valence-corrected chi connectivity index (χ1v) is 4.35. The fourth-order valence-corrected chi connectivity index (χ4v) is 1.33. The summed E-state index contributed by atoms with van der Waals surface area (Å²) in [7, 11) is 5.58. The number of allylic oxidation sites excluding steroid dienone is 2. The maximum Gasteiger partial charge on any atom is 0.309 e. The van der Waals surface area contributed by atoms with E-state index in [-0.39, 0.29) is 11.9 Å². The van der Waals surface area contributed by atoms with E-state index < -0.39 is 0 Å². The number of carbonyl (C=O) groups excluding carboxylic acids is 1. The molecule has 0 spiro atoms. The molecule has 2 radical (unpaired) electrons. The predicted molar refractivity (Wildman–Crippen MR) is 47.8 cm³/mol. The monoisotopic (exact) mass is 164 g/mol. The van der Waals surface area contributed by atoms with Gasteiger partial charge in [0.1, 0.15) is 7.85 Å². The van der Waals surface area contributed by atoms with E-state index in [0.717, 1.165) is 24.7 Å². The van der Waals surface area contributed by atoms with Crippen LogP contribution in [0.15, 0.2) is 11.5 Å². The Labute approximate surface area is 74.4 Å². The molecule has 1 rings (SSSR count). The SMILES string of the molecule is [B]C1=CCC(C(=O)OCC)CC1. The molecule has 1 aliphatic carbocycles. The Morgan fingerprint density at radius 1 is 1.83 bits per heavy atom. The Hall–Kier alpha value is -0.725. The Bertz CT molecular complexity index is 199. The molecule has 12 heavy (non-hydrogen) atoms. The number of rotatable bonds is 2. The number of hydrogen-bond acceptors (Lipinski definition) is 2. The summed E-state index contributed by atoms with van der Waals surface area (Å²) in [6, 6.07) is 0. The summed E-state index contributed by atoms with van der Waals surface area (Å²) in [5.41, 5.74) is 0.899. The first-order valence-electron chi connectivity index (χ1n) is 4.35. The third-order valence-electron chi connectivity index (χ3n) is 2.07. The molecule has 0 heterocycles. The fourth-order valence-electron chi connectivity index (χ4n) is 1.33. The first kappa shape index (κ1) is 9.36. The topological polar surface area (TPSA) is 26.3 Å². The average Bonchev–Trinajstić information content (AvgIpc) is 2.06. The lowest BCUT2D eigenvalue weighted by molar-refractivity contribution is -0.148. The molecule has 0 saturated carbocycles. The van der Waals surface area contributed by atoms with Crippen molar-refractivity contribution in [1.82, 2.24) is 0 Å². The van der Waals surface area contributed by atoms with Crippen LogP contribution < -0.4 is 0 Å². The lowest BCUT2D eigenvalue weighted by Crippen LogP contribution is -2.19. The molecule has 0 fully saturated rings. The number of esters is 1. The van der Waals surface area contributed by atoms with Crippen LogP contribution in [0.3, 0.4) is 0 Å². The van der Waals surface area contributed by atoms with Crippen LogP contribution in [0.25, 0.3) is 0 Å². The normalized spacial score (nSPS) is 23.1. The maximum absolute atomic E-state index is 11.2. The Kier molecular flexibility index (Phi) is 3.38. The van der Waals surface area contributed by atoms with Gasteiger partial charge in [0, 0.05) is 0 Å². The summed E-state index contributed by atoms with van der Waals surface area (Å²) >= 11 is 0. The molecule has 1 atom stereocenters. The van der Waals surface area contributed by atoms with E-state index >= 15 is 0 Å². The third-order valence-corrected chi connectivity index (χ3v) is 2.07. The van der Waals surface area contributed by atoms with Crippen molar-refractivity contribution in [2.75, 3.05) is 6.61 Å². The zero-order valence-electron chi connectivity index (χ0n) is 7.38. The molecule has 3 heteroatoms. The Balaban J connectivity index is 2.40. The van der Waals surface area contributed by atoms with Crippen LogP contribution in [0.2, 0.25) is 0 Å². The van der Waals surface area contributed by atoms with Gasteiger partial charge in [0.2, 0.25) is 0 Å². The van der Waals surface area contributed by atoms with E-state index in [1.165, 1.54) is 0 Å². The zero-order chi connectivity index (χ0) is 8.97. The minimum Gasteiger partial charge on any atom is -0.466 e. The molecule has 2 nitrogen and oxygen atoms in total. The molecule has 1 aliphatic rings. The van der Waals surface area contributed by atoms with Gasteiger partial charge in [-0.1, -0.05) is 6.08 Å². The third kappa shape index (κ3) is 2.40. The Morgan fingerprint density at radius 2 is 2.58 bits per heavy atom. The first-order chi connectivity index (χ1) is 5.74. The van der Waals surface area contributed by atoms with Crippen LogP contribution in [0.5, 0.6) is 0 Å². The summed E-state index contributed by atoms with van der Waals surface area (Å²) in [5, 5.41) is 0. The quantitative estimate of drug-likeness (QED) is 0.455. The van der Waals surface area contributed by atoms with E-state index in [1.54, 1.807) is 0 Å². The van der Waals surface area contributed by atoms with Crippen molar-refractivity contribution < 1.29 is 9.53 Å². The van der Waals surface area contributed by atoms with Crippen molar-refractivity contribution in [1.29, 1.82) is 0 Å². The lowest BCUT2D eigenvalue weighted by Gasteiger charge is -2.18.